The van der Waals surface area contributed by atoms with E-state index < -0.39 is 0 Å². The van der Waals surface area contributed by atoms with E-state index in [1.807, 2.05) is 32.9 Å². The van der Waals surface area contributed by atoms with Gasteiger partial charge in [0.2, 0.25) is 11.8 Å². The fourth-order valence-electron chi connectivity index (χ4n) is 1.44. The highest BCUT2D eigenvalue weighted by Gasteiger charge is 2.08. The van der Waals surface area contributed by atoms with Crippen molar-refractivity contribution in [3.05, 3.63) is 36.2 Å². The molecule has 0 fully saturated rings. The lowest BCUT2D eigenvalue weighted by Gasteiger charge is -2.12. The van der Waals surface area contributed by atoms with Crippen LogP contribution in [-0.2, 0) is 0 Å². The Morgan fingerprint density at radius 1 is 1.16 bits per heavy atom. The Morgan fingerprint density at radius 3 is 2.58 bits per heavy atom. The first-order chi connectivity index (χ1) is 9.04. The van der Waals surface area contributed by atoms with Gasteiger partial charge in [0, 0.05) is 11.8 Å². The van der Waals surface area contributed by atoms with Crippen molar-refractivity contribution in [3.8, 4) is 17.5 Å². The van der Waals surface area contributed by atoms with Crippen LogP contribution in [-0.4, -0.2) is 16.1 Å². The SMILES string of the molecule is Cc1ccc(Oc2ccc(N)c(OC(C)C)n2)cn1. The second-order valence-corrected chi connectivity index (χ2v) is 4.45. The van der Waals surface area contributed by atoms with E-state index in [1.165, 1.54) is 0 Å². The third kappa shape index (κ3) is 3.58. The highest BCUT2D eigenvalue weighted by atomic mass is 16.5. The molecule has 0 aliphatic heterocycles. The van der Waals surface area contributed by atoms with Gasteiger partial charge in [0.05, 0.1) is 18.0 Å². The zero-order chi connectivity index (χ0) is 13.8. The van der Waals surface area contributed by atoms with Gasteiger partial charge in [-0.05, 0) is 39.0 Å². The van der Waals surface area contributed by atoms with Gasteiger partial charge in [0.15, 0.2) is 0 Å². The van der Waals surface area contributed by atoms with Gasteiger partial charge in [-0.2, -0.15) is 4.98 Å². The number of hydrogen-bond donors (Lipinski definition) is 1. The minimum absolute atomic E-state index is 0.00564. The first kappa shape index (κ1) is 13.1. The first-order valence-electron chi connectivity index (χ1n) is 6.08. The molecule has 5 heteroatoms. The van der Waals surface area contributed by atoms with Crippen LogP contribution in [0.1, 0.15) is 19.5 Å². The molecule has 2 N–H and O–H groups in total. The quantitative estimate of drug-likeness (QED) is 0.914. The largest absolute Gasteiger partial charge is 0.473 e. The molecule has 2 heterocycles. The average Bonchev–Trinajstić information content (AvgIpc) is 2.36. The molecule has 0 radical (unpaired) electrons. The molecule has 0 aliphatic carbocycles. The molecule has 0 aliphatic rings. The van der Waals surface area contributed by atoms with E-state index >= 15 is 0 Å². The van der Waals surface area contributed by atoms with Crippen LogP contribution in [0, 0.1) is 6.92 Å². The van der Waals surface area contributed by atoms with Crippen LogP contribution in [0.3, 0.4) is 0 Å². The molecular weight excluding hydrogens is 242 g/mol. The van der Waals surface area contributed by atoms with Gasteiger partial charge in [0.25, 0.3) is 0 Å². The van der Waals surface area contributed by atoms with Crippen LogP contribution >= 0.6 is 0 Å². The summed E-state index contributed by atoms with van der Waals surface area (Å²) in [5.74, 6) is 1.43. The lowest BCUT2D eigenvalue weighted by atomic mass is 10.3. The van der Waals surface area contributed by atoms with E-state index in [0.717, 1.165) is 5.69 Å². The maximum atomic E-state index is 5.80. The summed E-state index contributed by atoms with van der Waals surface area (Å²) in [6.45, 7) is 5.75. The molecule has 0 bridgehead atoms. The Hall–Kier alpha value is -2.30. The van der Waals surface area contributed by atoms with Crippen molar-refractivity contribution in [2.45, 2.75) is 26.9 Å². The fourth-order valence-corrected chi connectivity index (χ4v) is 1.44. The van der Waals surface area contributed by atoms with Gasteiger partial charge in [-0.1, -0.05) is 0 Å². The molecule has 2 rings (SSSR count). The van der Waals surface area contributed by atoms with E-state index in [0.29, 0.717) is 23.2 Å². The number of aromatic nitrogens is 2. The molecule has 0 unspecified atom stereocenters. The van der Waals surface area contributed by atoms with E-state index in [4.69, 9.17) is 15.2 Å². The van der Waals surface area contributed by atoms with Gasteiger partial charge >= 0.3 is 0 Å². The topological polar surface area (TPSA) is 70.3 Å². The first-order valence-corrected chi connectivity index (χ1v) is 6.08. The van der Waals surface area contributed by atoms with Gasteiger partial charge in [0.1, 0.15) is 5.75 Å². The number of rotatable bonds is 4. The van der Waals surface area contributed by atoms with Crippen LogP contribution in [0.5, 0.6) is 17.5 Å². The van der Waals surface area contributed by atoms with Crippen LogP contribution in [0.2, 0.25) is 0 Å². The lowest BCUT2D eigenvalue weighted by Crippen LogP contribution is -2.09. The Morgan fingerprint density at radius 2 is 1.95 bits per heavy atom. The molecule has 100 valence electrons. The number of ether oxygens (including phenoxy) is 2. The molecule has 0 atom stereocenters. The predicted molar refractivity (Wildman–Crippen MR) is 73.5 cm³/mol. The Kier molecular flexibility index (Phi) is 3.85. The number of aryl methyl sites for hydroxylation is 1. The monoisotopic (exact) mass is 259 g/mol. The number of pyridine rings is 2. The smallest absolute Gasteiger partial charge is 0.240 e. The summed E-state index contributed by atoms with van der Waals surface area (Å²) >= 11 is 0. The summed E-state index contributed by atoms with van der Waals surface area (Å²) in [6.07, 6.45) is 1.65. The zero-order valence-corrected chi connectivity index (χ0v) is 11.3. The molecule has 0 saturated carbocycles. The van der Waals surface area contributed by atoms with Crippen LogP contribution in [0.25, 0.3) is 0 Å². The zero-order valence-electron chi connectivity index (χ0n) is 11.3. The van der Waals surface area contributed by atoms with E-state index in [-0.39, 0.29) is 6.10 Å². The second-order valence-electron chi connectivity index (χ2n) is 4.45. The lowest BCUT2D eigenvalue weighted by molar-refractivity contribution is 0.232. The van der Waals surface area contributed by atoms with E-state index in [2.05, 4.69) is 9.97 Å². The van der Waals surface area contributed by atoms with Crippen molar-refractivity contribution >= 4 is 5.69 Å². The molecular formula is C14H17N3O2. The molecule has 2 aromatic heterocycles. The molecule has 0 spiro atoms. The third-order valence-electron chi connectivity index (χ3n) is 2.32. The maximum absolute atomic E-state index is 5.80. The van der Waals surface area contributed by atoms with Crippen molar-refractivity contribution in [1.82, 2.24) is 9.97 Å². The van der Waals surface area contributed by atoms with Crippen molar-refractivity contribution in [3.63, 3.8) is 0 Å². The minimum atomic E-state index is 0.00564. The fraction of sp³-hybridized carbons (Fsp3) is 0.286. The number of anilines is 1. The number of nitrogens with two attached hydrogens (primary N) is 1. The predicted octanol–water partition coefficient (Wildman–Crippen LogP) is 2.95. The minimum Gasteiger partial charge on any atom is -0.473 e. The second kappa shape index (κ2) is 5.56. The molecule has 0 amide bonds. The summed E-state index contributed by atoms with van der Waals surface area (Å²) in [7, 11) is 0. The van der Waals surface area contributed by atoms with Crippen molar-refractivity contribution in [2.75, 3.05) is 5.73 Å². The summed E-state index contributed by atoms with van der Waals surface area (Å²) in [6, 6.07) is 7.12. The molecule has 0 saturated heterocycles. The number of nitrogen functional groups attached to an aromatic ring is 1. The normalized spacial score (nSPS) is 10.5. The molecule has 0 aromatic carbocycles. The molecule has 2 aromatic rings. The van der Waals surface area contributed by atoms with E-state index in [9.17, 15) is 0 Å². The Bertz CT molecular complexity index is 553. The van der Waals surface area contributed by atoms with Gasteiger partial charge in [-0.3, -0.25) is 4.98 Å². The molecule has 5 nitrogen and oxygen atoms in total. The van der Waals surface area contributed by atoms with Crippen LogP contribution < -0.4 is 15.2 Å². The van der Waals surface area contributed by atoms with Crippen LogP contribution in [0.15, 0.2) is 30.5 Å². The summed E-state index contributed by atoms with van der Waals surface area (Å²) in [5, 5.41) is 0. The van der Waals surface area contributed by atoms with Crippen molar-refractivity contribution < 1.29 is 9.47 Å². The van der Waals surface area contributed by atoms with Crippen molar-refractivity contribution in [1.29, 1.82) is 0 Å². The van der Waals surface area contributed by atoms with Crippen LogP contribution in [0.4, 0.5) is 5.69 Å². The number of nitrogens with zero attached hydrogens (tertiary/aromatic N) is 2. The highest BCUT2D eigenvalue weighted by Crippen LogP contribution is 2.26. The van der Waals surface area contributed by atoms with Gasteiger partial charge in [-0.25, -0.2) is 0 Å². The standard InChI is InChI=1S/C14H17N3O2/c1-9(2)18-14-12(15)6-7-13(17-14)19-11-5-4-10(3)16-8-11/h4-9H,15H2,1-3H3. The third-order valence-corrected chi connectivity index (χ3v) is 2.32. The molecule has 19 heavy (non-hydrogen) atoms. The summed E-state index contributed by atoms with van der Waals surface area (Å²) in [4.78, 5) is 8.39. The Labute approximate surface area is 112 Å². The summed E-state index contributed by atoms with van der Waals surface area (Å²) in [5.41, 5.74) is 7.22. The van der Waals surface area contributed by atoms with Gasteiger partial charge in [-0.15, -0.1) is 0 Å². The van der Waals surface area contributed by atoms with Crippen molar-refractivity contribution in [2.24, 2.45) is 0 Å². The van der Waals surface area contributed by atoms with Gasteiger partial charge < -0.3 is 15.2 Å². The number of hydrogen-bond acceptors (Lipinski definition) is 5. The highest BCUT2D eigenvalue weighted by molar-refractivity contribution is 5.49. The van der Waals surface area contributed by atoms with E-state index in [1.54, 1.807) is 18.3 Å². The summed E-state index contributed by atoms with van der Waals surface area (Å²) < 4.78 is 11.1. The Balaban J connectivity index is 2.18. The average molecular weight is 259 g/mol. The maximum Gasteiger partial charge on any atom is 0.240 e.